The molecule has 0 bridgehead atoms. The molecule has 10 aromatic rings. The third kappa shape index (κ3) is 4.31. The van der Waals surface area contributed by atoms with Crippen LogP contribution in [0.25, 0.3) is 22.3 Å². The molecule has 0 fully saturated rings. The second kappa shape index (κ2) is 12.4. The predicted molar refractivity (Wildman–Crippen MR) is 282 cm³/mol. The molecule has 9 aromatic carbocycles. The Kier molecular flexibility index (Phi) is 6.52. The molecule has 67 heavy (non-hydrogen) atoms. The van der Waals surface area contributed by atoms with Gasteiger partial charge >= 0.3 is 396 Å². The summed E-state index contributed by atoms with van der Waals surface area (Å²) in [5.74, 6) is 0. The van der Waals surface area contributed by atoms with Crippen molar-refractivity contribution in [1.29, 1.82) is 0 Å². The van der Waals surface area contributed by atoms with Crippen molar-refractivity contribution >= 4 is 149 Å². The SMILES string of the molecule is c1ccc(-c2ccc3c(c2)B2c4[se]c5c6c4N(c4ccccc4N6c4ccc6c7c4B5c4ccc(-c5ccccc5)cc4N7c4ccccc4N6)c4ccc5c(c42)N3c2ccccc2N5)cc1. The molecule has 0 aliphatic carbocycles. The fraction of sp³-hybridized carbons (Fsp3) is 0. The van der Waals surface area contributed by atoms with Crippen molar-refractivity contribution in [3.63, 3.8) is 0 Å². The van der Waals surface area contributed by atoms with E-state index < -0.39 is 0 Å². The minimum absolute atomic E-state index is 0.0287. The van der Waals surface area contributed by atoms with Gasteiger partial charge in [0, 0.05) is 0 Å². The van der Waals surface area contributed by atoms with E-state index in [1.807, 2.05) is 0 Å². The zero-order valence-electron chi connectivity index (χ0n) is 35.8. The summed E-state index contributed by atoms with van der Waals surface area (Å²) >= 11 is -0.0287. The first-order valence-electron chi connectivity index (χ1n) is 23.2. The van der Waals surface area contributed by atoms with Crippen molar-refractivity contribution < 1.29 is 0 Å². The quantitative estimate of drug-likeness (QED) is 0.168. The van der Waals surface area contributed by atoms with Gasteiger partial charge < -0.3 is 0 Å². The molecule has 8 heterocycles. The molecule has 0 saturated carbocycles. The summed E-state index contributed by atoms with van der Waals surface area (Å²) in [4.78, 5) is 10.5. The van der Waals surface area contributed by atoms with Crippen LogP contribution in [0.4, 0.5) is 91.0 Å². The fourth-order valence-corrected chi connectivity index (χ4v) is 15.9. The number of rotatable bonds is 2. The van der Waals surface area contributed by atoms with Gasteiger partial charge in [-0.2, -0.15) is 0 Å². The van der Waals surface area contributed by atoms with E-state index in [4.69, 9.17) is 0 Å². The van der Waals surface area contributed by atoms with E-state index in [1.54, 1.807) is 4.34 Å². The van der Waals surface area contributed by atoms with Gasteiger partial charge in [-0.25, -0.2) is 0 Å². The van der Waals surface area contributed by atoms with Crippen LogP contribution in [0.5, 0.6) is 0 Å². The fourth-order valence-electron chi connectivity index (χ4n) is 12.7. The van der Waals surface area contributed by atoms with Crippen molar-refractivity contribution in [1.82, 2.24) is 0 Å². The van der Waals surface area contributed by atoms with Crippen LogP contribution in [0.15, 0.2) is 194 Å². The zero-order chi connectivity index (χ0) is 43.2. The van der Waals surface area contributed by atoms with E-state index in [2.05, 4.69) is 224 Å². The third-order valence-electron chi connectivity index (χ3n) is 15.3. The summed E-state index contributed by atoms with van der Waals surface area (Å²) in [5, 5.41) is 7.83. The van der Waals surface area contributed by atoms with Crippen LogP contribution in [-0.4, -0.2) is 27.9 Å². The van der Waals surface area contributed by atoms with Crippen LogP contribution in [0, 0.1) is 0 Å². The Bertz CT molecular complexity index is 3890. The minimum atomic E-state index is -0.0287. The number of nitrogens with zero attached hydrogens (tertiary/aromatic N) is 4. The second-order valence-electron chi connectivity index (χ2n) is 18.6. The Morgan fingerprint density at radius 3 is 1.33 bits per heavy atom. The molecule has 0 unspecified atom stereocenters. The Morgan fingerprint density at radius 2 is 0.746 bits per heavy atom. The maximum atomic E-state index is 3.92. The maximum absolute atomic E-state index is 3.92. The third-order valence-corrected chi connectivity index (χ3v) is 18.1. The van der Waals surface area contributed by atoms with Gasteiger partial charge in [-0.05, 0) is 0 Å². The van der Waals surface area contributed by atoms with Crippen LogP contribution in [0.3, 0.4) is 0 Å². The van der Waals surface area contributed by atoms with E-state index in [-0.39, 0.29) is 27.9 Å². The van der Waals surface area contributed by atoms with Gasteiger partial charge in [-0.1, -0.05) is 0 Å². The molecule has 17 rings (SSSR count). The van der Waals surface area contributed by atoms with Gasteiger partial charge in [-0.15, -0.1) is 0 Å². The van der Waals surface area contributed by atoms with E-state index in [1.165, 1.54) is 117 Å². The van der Waals surface area contributed by atoms with Gasteiger partial charge in [0.25, 0.3) is 0 Å². The van der Waals surface area contributed by atoms with E-state index in [0.717, 1.165) is 22.7 Å². The number of nitrogens with one attached hydrogen (secondary N) is 2. The van der Waals surface area contributed by atoms with Crippen molar-refractivity contribution in [2.24, 2.45) is 0 Å². The average molecular weight is 916 g/mol. The molecule has 1 aromatic heterocycles. The van der Waals surface area contributed by atoms with Crippen molar-refractivity contribution in [2.75, 3.05) is 30.2 Å². The molecule has 0 atom stereocenters. The summed E-state index contributed by atoms with van der Waals surface area (Å²) in [5.41, 5.74) is 30.1. The molecule has 308 valence electrons. The van der Waals surface area contributed by atoms with Gasteiger partial charge in [0.1, 0.15) is 0 Å². The molecule has 2 N–H and O–H groups in total. The van der Waals surface area contributed by atoms with Crippen LogP contribution >= 0.6 is 0 Å². The normalized spacial score (nSPS) is 14.6. The Labute approximate surface area is 393 Å². The second-order valence-corrected chi connectivity index (χ2v) is 20.9. The van der Waals surface area contributed by atoms with Crippen molar-refractivity contribution in [2.45, 2.75) is 0 Å². The number of anilines is 16. The summed E-state index contributed by atoms with van der Waals surface area (Å²) in [6.07, 6.45) is 0. The molecule has 9 heteroatoms. The van der Waals surface area contributed by atoms with Gasteiger partial charge in [0.15, 0.2) is 0 Å². The summed E-state index contributed by atoms with van der Waals surface area (Å²) in [6, 6.07) is 72.6. The van der Waals surface area contributed by atoms with Crippen molar-refractivity contribution in [3.05, 3.63) is 194 Å². The number of benzene rings is 9. The molecule has 7 aliphatic rings. The molecule has 0 saturated heterocycles. The van der Waals surface area contributed by atoms with E-state index in [0.29, 0.717) is 0 Å². The summed E-state index contributed by atoms with van der Waals surface area (Å²) in [6.45, 7) is 0.124. The number of hydrogen-bond donors (Lipinski definition) is 2. The van der Waals surface area contributed by atoms with Crippen LogP contribution in [0.2, 0.25) is 0 Å². The molecule has 0 radical (unpaired) electrons. The van der Waals surface area contributed by atoms with Crippen molar-refractivity contribution in [3.8, 4) is 22.3 Å². The number of hydrogen-bond acceptors (Lipinski definition) is 6. The number of para-hydroxylation sites is 6. The zero-order valence-corrected chi connectivity index (χ0v) is 37.5. The van der Waals surface area contributed by atoms with Gasteiger partial charge in [-0.3, -0.25) is 0 Å². The topological polar surface area (TPSA) is 37.0 Å². The van der Waals surface area contributed by atoms with Gasteiger partial charge in [0.2, 0.25) is 0 Å². The number of fused-ring (bicyclic) bond motifs is 17. The first kappa shape index (κ1) is 35.2. The first-order valence-corrected chi connectivity index (χ1v) is 24.9. The Balaban J connectivity index is 0.985. The Morgan fingerprint density at radius 1 is 0.299 bits per heavy atom. The monoisotopic (exact) mass is 916 g/mol. The average Bonchev–Trinajstić information content (AvgIpc) is 3.79. The van der Waals surface area contributed by atoms with Crippen LogP contribution < -0.4 is 60.8 Å². The molecular formula is C58H34B2N6Se. The van der Waals surface area contributed by atoms with Gasteiger partial charge in [0.05, 0.1) is 0 Å². The van der Waals surface area contributed by atoms with Crippen LogP contribution in [-0.2, 0) is 0 Å². The molecule has 7 aliphatic heterocycles. The molecule has 0 spiro atoms. The predicted octanol–water partition coefficient (Wildman–Crippen LogP) is 10.7. The molecule has 6 nitrogen and oxygen atoms in total. The first-order chi connectivity index (χ1) is 33.3. The van der Waals surface area contributed by atoms with E-state index >= 15 is 0 Å². The standard InChI is InChI=1S/C58H34B2N6Se/c1-3-13-33(14-4-1)35-24-28-43-38(31-35)60-52-49(30-26-41-53(52)63(43)44-19-9-7-17-39(44)61-41)66-47-22-12-11-21-46(47)65-48-29-27-42-54-51(48)59(57-55(65)56(66)58(60)67-57)37-25-23-36(34-15-5-2-6-16-34)32-50(37)64(54)45-20-10-8-18-40(45)62-42/h1-32,61-62H. The molecular weight excluding hydrogens is 881 g/mol. The Hall–Kier alpha value is -8.09. The molecule has 0 amide bonds. The summed E-state index contributed by atoms with van der Waals surface area (Å²) in [7, 11) is 0. The van der Waals surface area contributed by atoms with E-state index in [9.17, 15) is 0 Å². The van der Waals surface area contributed by atoms with Crippen LogP contribution in [0.1, 0.15) is 0 Å². The summed E-state index contributed by atoms with van der Waals surface area (Å²) < 4.78 is 3.08.